The fraction of sp³-hybridized carbons (Fsp3) is 0.357. The molecule has 1 saturated carbocycles. The summed E-state index contributed by atoms with van der Waals surface area (Å²) < 4.78 is 19.2. The maximum absolute atomic E-state index is 14.2. The van der Waals surface area contributed by atoms with Crippen molar-refractivity contribution in [3.8, 4) is 5.75 Å². The van der Waals surface area contributed by atoms with E-state index in [1.165, 1.54) is 24.5 Å². The third-order valence-corrected chi connectivity index (χ3v) is 4.45. The maximum Gasteiger partial charge on any atom is 0.313 e. The fourth-order valence-electron chi connectivity index (χ4n) is 2.33. The molecule has 0 aliphatic heterocycles. The molecule has 1 heterocycles. The van der Waals surface area contributed by atoms with Crippen molar-refractivity contribution in [1.29, 1.82) is 0 Å². The fourth-order valence-corrected chi connectivity index (χ4v) is 3.11. The minimum absolute atomic E-state index is 0.0302. The van der Waals surface area contributed by atoms with Gasteiger partial charge in [0, 0.05) is 17.6 Å². The Bertz CT molecular complexity index is 689. The highest BCUT2D eigenvalue weighted by atomic mass is 32.1. The quantitative estimate of drug-likeness (QED) is 0.647. The molecule has 1 atom stereocenters. The second-order valence-electron chi connectivity index (χ2n) is 5.09. The summed E-state index contributed by atoms with van der Waals surface area (Å²) in [6.45, 7) is 0. The van der Waals surface area contributed by atoms with Gasteiger partial charge in [0.15, 0.2) is 11.6 Å². The average Bonchev–Trinajstić information content (AvgIpc) is 3.19. The van der Waals surface area contributed by atoms with E-state index in [1.807, 2.05) is 5.38 Å². The molecule has 1 aromatic carbocycles. The molecule has 0 saturated heterocycles. The van der Waals surface area contributed by atoms with E-state index in [4.69, 9.17) is 4.74 Å². The van der Waals surface area contributed by atoms with E-state index in [-0.39, 0.29) is 23.2 Å². The molecule has 1 fully saturated rings. The Balaban J connectivity index is 1.92. The van der Waals surface area contributed by atoms with Gasteiger partial charge in [-0.15, -0.1) is 11.3 Å². The van der Waals surface area contributed by atoms with Gasteiger partial charge in [-0.05, 0) is 18.8 Å². The number of nitro benzene ring substituents is 1. The number of anilines is 1. The van der Waals surface area contributed by atoms with Crippen molar-refractivity contribution in [2.45, 2.75) is 18.9 Å². The van der Waals surface area contributed by atoms with Crippen LogP contribution in [0, 0.1) is 21.8 Å². The summed E-state index contributed by atoms with van der Waals surface area (Å²) in [6.07, 6.45) is 3.83. The first-order valence-corrected chi connectivity index (χ1v) is 7.66. The van der Waals surface area contributed by atoms with Crippen molar-refractivity contribution in [2.24, 2.45) is 5.92 Å². The number of benzene rings is 1. The molecule has 6 nitrogen and oxygen atoms in total. The highest BCUT2D eigenvalue weighted by molar-refractivity contribution is 7.09. The van der Waals surface area contributed by atoms with Crippen LogP contribution in [0.5, 0.6) is 5.75 Å². The summed E-state index contributed by atoms with van der Waals surface area (Å²) in [5, 5.41) is 16.8. The summed E-state index contributed by atoms with van der Waals surface area (Å²) in [5.41, 5.74) is -0.197. The smallest absolute Gasteiger partial charge is 0.313 e. The Kier molecular flexibility index (Phi) is 3.93. The Morgan fingerprint density at radius 3 is 2.86 bits per heavy atom. The molecule has 116 valence electrons. The number of ether oxygens (including phenoxy) is 1. The van der Waals surface area contributed by atoms with E-state index in [0.717, 1.165) is 23.9 Å². The zero-order valence-corrected chi connectivity index (χ0v) is 12.6. The molecule has 1 aliphatic rings. The highest BCUT2D eigenvalue weighted by Gasteiger charge is 2.34. The van der Waals surface area contributed by atoms with Crippen molar-refractivity contribution in [3.05, 3.63) is 44.6 Å². The van der Waals surface area contributed by atoms with Gasteiger partial charge < -0.3 is 10.1 Å². The number of nitro groups is 1. The number of nitrogens with one attached hydrogen (secondary N) is 1. The van der Waals surface area contributed by atoms with Gasteiger partial charge in [0.1, 0.15) is 5.01 Å². The van der Waals surface area contributed by atoms with Crippen molar-refractivity contribution in [2.75, 3.05) is 12.4 Å². The summed E-state index contributed by atoms with van der Waals surface area (Å²) in [6, 6.07) is 2.13. The topological polar surface area (TPSA) is 77.3 Å². The van der Waals surface area contributed by atoms with Gasteiger partial charge in [0.2, 0.25) is 0 Å². The van der Waals surface area contributed by atoms with E-state index >= 15 is 0 Å². The predicted octanol–water partition coefficient (Wildman–Crippen LogP) is 3.76. The van der Waals surface area contributed by atoms with Gasteiger partial charge >= 0.3 is 5.69 Å². The number of nitrogens with zero attached hydrogens (tertiary/aromatic N) is 2. The van der Waals surface area contributed by atoms with Crippen LogP contribution in [-0.4, -0.2) is 17.0 Å². The van der Waals surface area contributed by atoms with Crippen LogP contribution in [0.3, 0.4) is 0 Å². The van der Waals surface area contributed by atoms with Crippen molar-refractivity contribution < 1.29 is 14.1 Å². The monoisotopic (exact) mass is 323 g/mol. The predicted molar refractivity (Wildman–Crippen MR) is 80.8 cm³/mol. The van der Waals surface area contributed by atoms with E-state index in [1.54, 1.807) is 6.20 Å². The van der Waals surface area contributed by atoms with Crippen LogP contribution >= 0.6 is 11.3 Å². The van der Waals surface area contributed by atoms with Crippen LogP contribution in [0.4, 0.5) is 15.8 Å². The second kappa shape index (κ2) is 5.88. The molecular weight excluding hydrogens is 309 g/mol. The standard InChI is InChI=1S/C14H14FN3O3S/c1-21-12-7-10(9(15)6-11(12)18(19)20)17-13(8-2-3-8)14-16-4-5-22-14/h4-8,13,17H,2-3H2,1H3/t13-/m0/s1. The minimum Gasteiger partial charge on any atom is -0.490 e. The lowest BCUT2D eigenvalue weighted by Gasteiger charge is -2.18. The number of methoxy groups -OCH3 is 1. The van der Waals surface area contributed by atoms with Crippen LogP contribution in [0.15, 0.2) is 23.7 Å². The van der Waals surface area contributed by atoms with E-state index in [2.05, 4.69) is 10.3 Å². The van der Waals surface area contributed by atoms with Crippen LogP contribution in [0.1, 0.15) is 23.9 Å². The molecule has 1 N–H and O–H groups in total. The van der Waals surface area contributed by atoms with Crippen LogP contribution in [-0.2, 0) is 0 Å². The molecule has 0 amide bonds. The number of hydrogen-bond acceptors (Lipinski definition) is 6. The lowest BCUT2D eigenvalue weighted by atomic mass is 10.1. The Hall–Kier alpha value is -2.22. The third-order valence-electron chi connectivity index (χ3n) is 3.59. The highest BCUT2D eigenvalue weighted by Crippen LogP contribution is 2.44. The molecule has 0 bridgehead atoms. The molecule has 1 aliphatic carbocycles. The van der Waals surface area contributed by atoms with E-state index < -0.39 is 10.7 Å². The molecule has 8 heteroatoms. The molecule has 0 radical (unpaired) electrons. The molecule has 22 heavy (non-hydrogen) atoms. The molecular formula is C14H14FN3O3S. The SMILES string of the molecule is COc1cc(N[C@H](c2nccs2)C2CC2)c(F)cc1[N+](=O)[O-]. The zero-order chi connectivity index (χ0) is 15.7. The van der Waals surface area contributed by atoms with Crippen molar-refractivity contribution in [3.63, 3.8) is 0 Å². The first-order chi connectivity index (χ1) is 10.6. The van der Waals surface area contributed by atoms with E-state index in [0.29, 0.717) is 5.92 Å². The normalized spacial score (nSPS) is 15.4. The van der Waals surface area contributed by atoms with Gasteiger partial charge in [0.25, 0.3) is 0 Å². The Labute approximate surface area is 130 Å². The second-order valence-corrected chi connectivity index (χ2v) is 6.02. The Morgan fingerprint density at radius 2 is 2.32 bits per heavy atom. The van der Waals surface area contributed by atoms with Gasteiger partial charge in [-0.3, -0.25) is 10.1 Å². The zero-order valence-electron chi connectivity index (χ0n) is 11.8. The molecule has 3 rings (SSSR count). The molecule has 0 spiro atoms. The first-order valence-electron chi connectivity index (χ1n) is 6.78. The van der Waals surface area contributed by atoms with Gasteiger partial charge in [-0.2, -0.15) is 0 Å². The number of rotatable bonds is 6. The summed E-state index contributed by atoms with van der Waals surface area (Å²) >= 11 is 1.51. The van der Waals surface area contributed by atoms with E-state index in [9.17, 15) is 14.5 Å². The first kappa shape index (κ1) is 14.7. The average molecular weight is 323 g/mol. The van der Waals surface area contributed by atoms with Crippen LogP contribution in [0.2, 0.25) is 0 Å². The largest absolute Gasteiger partial charge is 0.490 e. The van der Waals surface area contributed by atoms with Crippen LogP contribution < -0.4 is 10.1 Å². The molecule has 1 aromatic heterocycles. The maximum atomic E-state index is 14.2. The third kappa shape index (κ3) is 2.87. The lowest BCUT2D eigenvalue weighted by Crippen LogP contribution is -2.14. The lowest BCUT2D eigenvalue weighted by molar-refractivity contribution is -0.385. The number of halogens is 1. The minimum atomic E-state index is -0.672. The van der Waals surface area contributed by atoms with Gasteiger partial charge in [-0.25, -0.2) is 9.37 Å². The number of aromatic nitrogens is 1. The molecule has 2 aromatic rings. The van der Waals surface area contributed by atoms with Gasteiger partial charge in [-0.1, -0.05) is 0 Å². The number of hydrogen-bond donors (Lipinski definition) is 1. The van der Waals surface area contributed by atoms with Crippen molar-refractivity contribution >= 4 is 22.7 Å². The number of thiazole rings is 1. The summed E-state index contributed by atoms with van der Waals surface area (Å²) in [4.78, 5) is 14.5. The van der Waals surface area contributed by atoms with Crippen LogP contribution in [0.25, 0.3) is 0 Å². The molecule has 0 unspecified atom stereocenters. The Morgan fingerprint density at radius 1 is 1.55 bits per heavy atom. The summed E-state index contributed by atoms with van der Waals surface area (Å²) in [7, 11) is 1.32. The van der Waals surface area contributed by atoms with Crippen molar-refractivity contribution in [1.82, 2.24) is 4.98 Å². The van der Waals surface area contributed by atoms with Gasteiger partial charge in [0.05, 0.1) is 29.8 Å². The summed E-state index contributed by atoms with van der Waals surface area (Å²) in [5.74, 6) is -0.232.